The van der Waals surface area contributed by atoms with Crippen molar-refractivity contribution in [2.45, 2.75) is 25.4 Å². The van der Waals surface area contributed by atoms with Crippen LogP contribution in [-0.4, -0.2) is 46.2 Å². The normalized spacial score (nSPS) is 12.0. The molecule has 1 N–H and O–H groups in total. The Labute approximate surface area is 94.3 Å². The lowest BCUT2D eigenvalue weighted by atomic mass is 10.3. The Balaban J connectivity index is 2.99. The Hall–Kier alpha value is -0.330. The predicted octanol–water partition coefficient (Wildman–Crippen LogP) is 1.97. The molecule has 0 heterocycles. The first-order valence-electron chi connectivity index (χ1n) is 5.40. The number of methoxy groups -OCH3 is 1. The lowest BCUT2D eigenvalue weighted by molar-refractivity contribution is -0.137. The minimum atomic E-state index is -4.06. The van der Waals surface area contributed by atoms with E-state index in [4.69, 9.17) is 9.47 Å². The molecule has 0 unspecified atom stereocenters. The highest BCUT2D eigenvalue weighted by molar-refractivity contribution is 4.50. The number of hydrogen-bond acceptors (Lipinski definition) is 3. The number of ether oxygens (including phenoxy) is 2. The van der Waals surface area contributed by atoms with Gasteiger partial charge in [0.2, 0.25) is 0 Å². The second-order valence-electron chi connectivity index (χ2n) is 3.43. The van der Waals surface area contributed by atoms with E-state index in [0.717, 1.165) is 19.5 Å². The zero-order valence-corrected chi connectivity index (χ0v) is 9.61. The third-order valence-corrected chi connectivity index (χ3v) is 1.87. The van der Waals surface area contributed by atoms with Crippen LogP contribution in [0.2, 0.25) is 0 Å². The highest BCUT2D eigenvalue weighted by Gasteiger charge is 2.25. The molecule has 0 saturated carbocycles. The van der Waals surface area contributed by atoms with E-state index in [1.807, 2.05) is 0 Å². The Morgan fingerprint density at radius 1 is 1.00 bits per heavy atom. The van der Waals surface area contributed by atoms with Gasteiger partial charge < -0.3 is 14.8 Å². The van der Waals surface area contributed by atoms with E-state index >= 15 is 0 Å². The summed E-state index contributed by atoms with van der Waals surface area (Å²) < 4.78 is 45.1. The molecule has 0 aromatic carbocycles. The number of nitrogens with one attached hydrogen (secondary N) is 1. The first kappa shape index (κ1) is 15.7. The van der Waals surface area contributed by atoms with Gasteiger partial charge in [0.15, 0.2) is 0 Å². The van der Waals surface area contributed by atoms with Crippen LogP contribution in [0.3, 0.4) is 0 Å². The van der Waals surface area contributed by atoms with Gasteiger partial charge in [-0.15, -0.1) is 0 Å². The van der Waals surface area contributed by atoms with Gasteiger partial charge in [0.25, 0.3) is 0 Å². The van der Waals surface area contributed by atoms with Crippen LogP contribution in [-0.2, 0) is 9.47 Å². The summed E-state index contributed by atoms with van der Waals surface area (Å²) >= 11 is 0. The summed E-state index contributed by atoms with van der Waals surface area (Å²) in [5.74, 6) is 0. The van der Waals surface area contributed by atoms with Crippen molar-refractivity contribution in [1.82, 2.24) is 5.32 Å². The second-order valence-corrected chi connectivity index (χ2v) is 3.43. The molecule has 0 radical (unpaired) electrons. The maximum Gasteiger partial charge on any atom is 0.389 e. The van der Waals surface area contributed by atoms with Gasteiger partial charge in [0.1, 0.15) is 0 Å². The maximum atomic E-state index is 11.7. The minimum absolute atomic E-state index is 0.0423. The molecule has 0 aromatic rings. The van der Waals surface area contributed by atoms with Crippen molar-refractivity contribution in [2.75, 3.05) is 40.0 Å². The van der Waals surface area contributed by atoms with Gasteiger partial charge in [0, 0.05) is 33.3 Å². The number of hydrogen-bond donors (Lipinski definition) is 1. The van der Waals surface area contributed by atoms with Crippen molar-refractivity contribution in [3.8, 4) is 0 Å². The zero-order chi connectivity index (χ0) is 12.3. The molecule has 0 bridgehead atoms. The van der Waals surface area contributed by atoms with Crippen LogP contribution in [0.15, 0.2) is 0 Å². The summed E-state index contributed by atoms with van der Waals surface area (Å²) in [4.78, 5) is 0. The van der Waals surface area contributed by atoms with Crippen molar-refractivity contribution in [3.05, 3.63) is 0 Å². The van der Waals surface area contributed by atoms with E-state index in [1.165, 1.54) is 0 Å². The van der Waals surface area contributed by atoms with Gasteiger partial charge in [-0.2, -0.15) is 13.2 Å². The molecule has 0 atom stereocenters. The quantitative estimate of drug-likeness (QED) is 0.595. The molecule has 0 spiro atoms. The van der Waals surface area contributed by atoms with Gasteiger partial charge in [-0.05, 0) is 19.4 Å². The molecule has 0 fully saturated rings. The fraction of sp³-hybridized carbons (Fsp3) is 1.00. The lowest BCUT2D eigenvalue weighted by Crippen LogP contribution is -2.21. The topological polar surface area (TPSA) is 30.5 Å². The van der Waals surface area contributed by atoms with Crippen LogP contribution in [0.5, 0.6) is 0 Å². The van der Waals surface area contributed by atoms with Crippen LogP contribution >= 0.6 is 0 Å². The van der Waals surface area contributed by atoms with E-state index in [1.54, 1.807) is 7.11 Å². The molecule has 0 rings (SSSR count). The summed E-state index contributed by atoms with van der Waals surface area (Å²) in [6.45, 7) is 2.91. The summed E-state index contributed by atoms with van der Waals surface area (Å²) in [6, 6.07) is 0. The van der Waals surface area contributed by atoms with Gasteiger partial charge >= 0.3 is 6.18 Å². The Bertz CT molecular complexity index is 153. The molecule has 16 heavy (non-hydrogen) atoms. The molecule has 3 nitrogen and oxygen atoms in total. The molecule has 0 aliphatic carbocycles. The fourth-order valence-electron chi connectivity index (χ4n) is 1.08. The molecular formula is C10H20F3NO2. The van der Waals surface area contributed by atoms with Gasteiger partial charge in [-0.25, -0.2) is 0 Å². The molecule has 0 saturated heterocycles. The number of alkyl halides is 3. The minimum Gasteiger partial charge on any atom is -0.383 e. The third-order valence-electron chi connectivity index (χ3n) is 1.87. The average Bonchev–Trinajstić information content (AvgIpc) is 2.19. The van der Waals surface area contributed by atoms with Gasteiger partial charge in [-0.1, -0.05) is 0 Å². The van der Waals surface area contributed by atoms with Gasteiger partial charge in [0.05, 0.1) is 6.61 Å². The van der Waals surface area contributed by atoms with Crippen molar-refractivity contribution in [1.29, 1.82) is 0 Å². The summed E-state index contributed by atoms with van der Waals surface area (Å²) in [6.07, 6.45) is -3.99. The molecule has 6 heteroatoms. The monoisotopic (exact) mass is 243 g/mol. The van der Waals surface area contributed by atoms with Crippen molar-refractivity contribution < 1.29 is 22.6 Å². The highest BCUT2D eigenvalue weighted by Crippen LogP contribution is 2.20. The smallest absolute Gasteiger partial charge is 0.383 e. The highest BCUT2D eigenvalue weighted by atomic mass is 19.4. The zero-order valence-electron chi connectivity index (χ0n) is 9.61. The van der Waals surface area contributed by atoms with Crippen LogP contribution in [0.25, 0.3) is 0 Å². The van der Waals surface area contributed by atoms with Crippen molar-refractivity contribution >= 4 is 0 Å². The standard InChI is InChI=1S/C10H20F3NO2/c1-15-9-6-14-5-3-8-16-7-2-4-10(11,12)13/h14H,2-9H2,1H3. The molecule has 98 valence electrons. The third kappa shape index (κ3) is 13.7. The predicted molar refractivity (Wildman–Crippen MR) is 55.5 cm³/mol. The summed E-state index contributed by atoms with van der Waals surface area (Å²) in [7, 11) is 1.63. The van der Waals surface area contributed by atoms with Crippen LogP contribution < -0.4 is 5.32 Å². The number of halogens is 3. The molecule has 0 amide bonds. The molecule has 0 aromatic heterocycles. The van der Waals surface area contributed by atoms with E-state index in [0.29, 0.717) is 13.2 Å². The summed E-state index contributed by atoms with van der Waals surface area (Å²) in [5, 5.41) is 3.12. The van der Waals surface area contributed by atoms with Gasteiger partial charge in [-0.3, -0.25) is 0 Å². The largest absolute Gasteiger partial charge is 0.389 e. The Morgan fingerprint density at radius 3 is 2.31 bits per heavy atom. The van der Waals surface area contributed by atoms with E-state index < -0.39 is 12.6 Å². The first-order valence-corrected chi connectivity index (χ1v) is 5.40. The lowest BCUT2D eigenvalue weighted by Gasteiger charge is -2.07. The fourth-order valence-corrected chi connectivity index (χ4v) is 1.08. The Morgan fingerprint density at radius 2 is 1.69 bits per heavy atom. The van der Waals surface area contributed by atoms with E-state index in [2.05, 4.69) is 5.32 Å². The first-order chi connectivity index (χ1) is 7.56. The number of rotatable bonds is 10. The van der Waals surface area contributed by atoms with Crippen LogP contribution in [0.4, 0.5) is 13.2 Å². The molecule has 0 aliphatic heterocycles. The molecule has 0 aliphatic rings. The Kier molecular flexibility index (Phi) is 9.66. The molecular weight excluding hydrogens is 223 g/mol. The average molecular weight is 243 g/mol. The SMILES string of the molecule is COCCNCCCOCCCC(F)(F)F. The second kappa shape index (κ2) is 9.86. The van der Waals surface area contributed by atoms with Crippen LogP contribution in [0.1, 0.15) is 19.3 Å². The van der Waals surface area contributed by atoms with E-state index in [-0.39, 0.29) is 13.0 Å². The van der Waals surface area contributed by atoms with E-state index in [9.17, 15) is 13.2 Å². The van der Waals surface area contributed by atoms with Crippen molar-refractivity contribution in [2.24, 2.45) is 0 Å². The maximum absolute atomic E-state index is 11.7. The summed E-state index contributed by atoms with van der Waals surface area (Å²) in [5.41, 5.74) is 0. The van der Waals surface area contributed by atoms with Crippen LogP contribution in [0, 0.1) is 0 Å². The van der Waals surface area contributed by atoms with Crippen molar-refractivity contribution in [3.63, 3.8) is 0 Å².